The quantitative estimate of drug-likeness (QED) is 0.409. The normalized spacial score (nSPS) is 17.2. The Morgan fingerprint density at radius 1 is 1.42 bits per heavy atom. The Balaban J connectivity index is 4.46. The van der Waals surface area contributed by atoms with Gasteiger partial charge in [0.15, 0.2) is 5.78 Å². The van der Waals surface area contributed by atoms with Crippen LogP contribution in [0.1, 0.15) is 27.7 Å². The molecule has 0 bridgehead atoms. The smallest absolute Gasteiger partial charge is 0.170 e. The largest absolute Gasteiger partial charge is 0.381 e. The lowest BCUT2D eigenvalue weighted by Crippen LogP contribution is -2.51. The van der Waals surface area contributed by atoms with Crippen molar-refractivity contribution in [2.24, 2.45) is 11.3 Å². The van der Waals surface area contributed by atoms with Gasteiger partial charge in [-0.3, -0.25) is 16.1 Å². The van der Waals surface area contributed by atoms with Crippen molar-refractivity contribution in [3.63, 3.8) is 0 Å². The third-order valence-corrected chi connectivity index (χ3v) is 1.62. The molecule has 12 heavy (non-hydrogen) atoms. The fourth-order valence-corrected chi connectivity index (χ4v) is 1.09. The van der Waals surface area contributed by atoms with Crippen LogP contribution in [0.5, 0.6) is 0 Å². The number of nitrogens with one attached hydrogen (secondary N) is 1. The van der Waals surface area contributed by atoms with Crippen LogP contribution in [-0.4, -0.2) is 23.0 Å². The topological polar surface area (TPSA) is 75.3 Å². The van der Waals surface area contributed by atoms with E-state index in [-0.39, 0.29) is 12.3 Å². The number of hydrazine groups is 1. The maximum Gasteiger partial charge on any atom is 0.170 e. The predicted octanol–water partition coefficient (Wildman–Crippen LogP) is -0.184. The van der Waals surface area contributed by atoms with Gasteiger partial charge in [0, 0.05) is 12.0 Å². The molecule has 0 aromatic heterocycles. The molecule has 1 atom stereocenters. The highest BCUT2D eigenvalue weighted by Gasteiger charge is 2.37. The van der Waals surface area contributed by atoms with Crippen molar-refractivity contribution in [1.82, 2.24) is 5.43 Å². The van der Waals surface area contributed by atoms with Crippen LogP contribution in [0.25, 0.3) is 0 Å². The van der Waals surface area contributed by atoms with Crippen LogP contribution in [0.2, 0.25) is 0 Å². The summed E-state index contributed by atoms with van der Waals surface area (Å²) < 4.78 is 0. The summed E-state index contributed by atoms with van der Waals surface area (Å²) in [6.07, 6.45) is 0. The van der Waals surface area contributed by atoms with Gasteiger partial charge < -0.3 is 5.11 Å². The maximum absolute atomic E-state index is 11.5. The molecule has 0 fully saturated rings. The van der Waals surface area contributed by atoms with Crippen LogP contribution < -0.4 is 11.3 Å². The Labute approximate surface area is 73.1 Å². The second kappa shape index (κ2) is 3.51. The zero-order valence-electron chi connectivity index (χ0n) is 8.14. The second-order valence-corrected chi connectivity index (χ2v) is 4.23. The lowest BCUT2D eigenvalue weighted by Gasteiger charge is -2.28. The molecule has 0 spiro atoms. The van der Waals surface area contributed by atoms with Crippen molar-refractivity contribution >= 4 is 5.78 Å². The second-order valence-electron chi connectivity index (χ2n) is 4.23. The molecule has 72 valence electrons. The van der Waals surface area contributed by atoms with Crippen molar-refractivity contribution in [2.45, 2.75) is 33.3 Å². The van der Waals surface area contributed by atoms with E-state index in [4.69, 9.17) is 5.84 Å². The highest BCUT2D eigenvalue weighted by atomic mass is 16.3. The zero-order chi connectivity index (χ0) is 9.99. The van der Waals surface area contributed by atoms with E-state index in [1.807, 2.05) is 0 Å². The molecule has 0 aromatic carbocycles. The summed E-state index contributed by atoms with van der Waals surface area (Å²) in [6.45, 7) is 6.82. The first kappa shape index (κ1) is 11.6. The minimum Gasteiger partial charge on any atom is -0.381 e. The summed E-state index contributed by atoms with van der Waals surface area (Å²) in [5.74, 6) is 4.82. The number of rotatable bonds is 3. The molecule has 4 nitrogen and oxygen atoms in total. The molecule has 0 heterocycles. The summed E-state index contributed by atoms with van der Waals surface area (Å²) in [5.41, 5.74) is 0.367. The van der Waals surface area contributed by atoms with Gasteiger partial charge in [0.1, 0.15) is 5.60 Å². The number of Topliss-reactive ketones (excluding diaryl/α,β-unsaturated/α-hetero) is 1. The van der Waals surface area contributed by atoms with Crippen LogP contribution in [-0.2, 0) is 4.79 Å². The highest BCUT2D eigenvalue weighted by molar-refractivity contribution is 5.91. The Morgan fingerprint density at radius 2 is 1.83 bits per heavy atom. The number of aliphatic hydroxyl groups is 1. The first-order valence-corrected chi connectivity index (χ1v) is 3.92. The fourth-order valence-electron chi connectivity index (χ4n) is 1.09. The van der Waals surface area contributed by atoms with Crippen LogP contribution in [0.3, 0.4) is 0 Å². The van der Waals surface area contributed by atoms with Crippen LogP contribution in [0.15, 0.2) is 0 Å². The molecule has 0 aliphatic carbocycles. The van der Waals surface area contributed by atoms with E-state index >= 15 is 0 Å². The van der Waals surface area contributed by atoms with Gasteiger partial charge in [-0.25, -0.2) is 0 Å². The predicted molar refractivity (Wildman–Crippen MR) is 47.3 cm³/mol. The third kappa shape index (κ3) is 2.89. The van der Waals surface area contributed by atoms with Crippen molar-refractivity contribution in [3.05, 3.63) is 0 Å². The van der Waals surface area contributed by atoms with Crippen molar-refractivity contribution < 1.29 is 9.90 Å². The SMILES string of the molecule is CC(C)(C)C(=O)C(C)(O)CNN. The zero-order valence-corrected chi connectivity index (χ0v) is 8.14. The van der Waals surface area contributed by atoms with Crippen molar-refractivity contribution in [3.8, 4) is 0 Å². The molecule has 0 saturated carbocycles. The molecule has 0 radical (unpaired) electrons. The molecule has 1 unspecified atom stereocenters. The van der Waals surface area contributed by atoms with E-state index in [2.05, 4.69) is 5.43 Å². The van der Waals surface area contributed by atoms with Crippen molar-refractivity contribution in [2.75, 3.05) is 6.54 Å². The van der Waals surface area contributed by atoms with Gasteiger partial charge in [-0.15, -0.1) is 0 Å². The number of hydrogen-bond donors (Lipinski definition) is 3. The van der Waals surface area contributed by atoms with Gasteiger partial charge >= 0.3 is 0 Å². The average Bonchev–Trinajstić information content (AvgIpc) is 1.84. The number of nitrogens with two attached hydrogens (primary N) is 1. The molecule has 0 saturated heterocycles. The standard InChI is InChI=1S/C8H18N2O2/c1-7(2,3)6(11)8(4,12)5-10-9/h10,12H,5,9H2,1-4H3. The van der Waals surface area contributed by atoms with E-state index in [9.17, 15) is 9.90 Å². The third-order valence-electron chi connectivity index (χ3n) is 1.62. The van der Waals surface area contributed by atoms with Gasteiger partial charge in [0.05, 0.1) is 0 Å². The molecular formula is C8H18N2O2. The molecular weight excluding hydrogens is 156 g/mol. The lowest BCUT2D eigenvalue weighted by molar-refractivity contribution is -0.143. The maximum atomic E-state index is 11.5. The number of ketones is 1. The van der Waals surface area contributed by atoms with E-state index < -0.39 is 11.0 Å². The Hall–Kier alpha value is -0.450. The monoisotopic (exact) mass is 174 g/mol. The minimum absolute atomic E-state index is 0.0725. The molecule has 0 aliphatic rings. The van der Waals surface area contributed by atoms with Gasteiger partial charge in [0.2, 0.25) is 0 Å². The summed E-state index contributed by atoms with van der Waals surface area (Å²) in [5, 5.41) is 9.63. The molecule has 0 rings (SSSR count). The van der Waals surface area contributed by atoms with Crippen molar-refractivity contribution in [1.29, 1.82) is 0 Å². The van der Waals surface area contributed by atoms with E-state index in [1.165, 1.54) is 6.92 Å². The Kier molecular flexibility index (Phi) is 3.38. The summed E-state index contributed by atoms with van der Waals surface area (Å²) in [7, 11) is 0. The first-order chi connectivity index (χ1) is 5.22. The Bertz CT molecular complexity index is 170. The fraction of sp³-hybridized carbons (Fsp3) is 0.875. The molecule has 0 aromatic rings. The first-order valence-electron chi connectivity index (χ1n) is 3.92. The van der Waals surface area contributed by atoms with Gasteiger partial charge in [-0.2, -0.15) is 0 Å². The number of hydrogen-bond acceptors (Lipinski definition) is 4. The van der Waals surface area contributed by atoms with Gasteiger partial charge in [-0.05, 0) is 6.92 Å². The summed E-state index contributed by atoms with van der Waals surface area (Å²) in [4.78, 5) is 11.5. The van der Waals surface area contributed by atoms with Gasteiger partial charge in [-0.1, -0.05) is 20.8 Å². The van der Waals surface area contributed by atoms with Crippen LogP contribution in [0.4, 0.5) is 0 Å². The molecule has 0 aliphatic heterocycles. The van der Waals surface area contributed by atoms with Crippen LogP contribution >= 0.6 is 0 Å². The Morgan fingerprint density at radius 3 is 2.08 bits per heavy atom. The number of carbonyl (C=O) groups is 1. The molecule has 4 N–H and O–H groups in total. The average molecular weight is 174 g/mol. The highest BCUT2D eigenvalue weighted by Crippen LogP contribution is 2.22. The summed E-state index contributed by atoms with van der Waals surface area (Å²) >= 11 is 0. The minimum atomic E-state index is -1.38. The van der Waals surface area contributed by atoms with E-state index in [0.29, 0.717) is 0 Å². The summed E-state index contributed by atoms with van der Waals surface area (Å²) in [6, 6.07) is 0. The lowest BCUT2D eigenvalue weighted by atomic mass is 9.81. The molecule has 0 amide bonds. The number of carbonyl (C=O) groups excluding carboxylic acids is 1. The van der Waals surface area contributed by atoms with Crippen LogP contribution in [0, 0.1) is 5.41 Å². The molecule has 4 heteroatoms. The van der Waals surface area contributed by atoms with E-state index in [0.717, 1.165) is 0 Å². The van der Waals surface area contributed by atoms with E-state index in [1.54, 1.807) is 20.8 Å². The van der Waals surface area contributed by atoms with Gasteiger partial charge in [0.25, 0.3) is 0 Å².